The van der Waals surface area contributed by atoms with Gasteiger partial charge in [-0.1, -0.05) is 32.0 Å². The molecule has 1 aliphatic rings. The Bertz CT molecular complexity index is 973. The van der Waals surface area contributed by atoms with Gasteiger partial charge in [-0.05, 0) is 68.1 Å². The highest BCUT2D eigenvalue weighted by Crippen LogP contribution is 2.31. The van der Waals surface area contributed by atoms with Crippen molar-refractivity contribution < 1.29 is 22.8 Å². The summed E-state index contributed by atoms with van der Waals surface area (Å²) in [4.78, 5) is 31.1. The molecule has 1 aromatic heterocycles. The van der Waals surface area contributed by atoms with E-state index in [2.05, 4.69) is 29.0 Å². The summed E-state index contributed by atoms with van der Waals surface area (Å²) in [5, 5.41) is 3.03. The third kappa shape index (κ3) is 7.03. The fourth-order valence-electron chi connectivity index (χ4n) is 4.01. The number of amides is 2. The lowest BCUT2D eigenvalue weighted by Crippen LogP contribution is -2.40. The molecule has 0 radical (unpaired) electrons. The lowest BCUT2D eigenvalue weighted by atomic mass is 9.95. The lowest BCUT2D eigenvalue weighted by molar-refractivity contribution is -0.141. The number of nitrogens with one attached hydrogen (secondary N) is 1. The number of hydrogen-bond donors (Lipinski definition) is 1. The second-order valence-electron chi connectivity index (χ2n) is 9.05. The van der Waals surface area contributed by atoms with Gasteiger partial charge in [0.1, 0.15) is 11.5 Å². The molecule has 0 bridgehead atoms. The number of pyridine rings is 1. The van der Waals surface area contributed by atoms with Crippen molar-refractivity contribution in [3.63, 3.8) is 0 Å². The van der Waals surface area contributed by atoms with Gasteiger partial charge < -0.3 is 5.32 Å². The molecule has 6 nitrogen and oxygen atoms in total. The number of anilines is 2. The minimum absolute atomic E-state index is 0.0206. The number of piperidine rings is 1. The summed E-state index contributed by atoms with van der Waals surface area (Å²) in [5.41, 5.74) is 0.319. The fraction of sp³-hybridized carbons (Fsp3) is 0.480. The fourth-order valence-corrected chi connectivity index (χ4v) is 4.01. The highest BCUT2D eigenvalue weighted by atomic mass is 19.4. The number of carbonyl (C=O) groups excluding carboxylic acids is 2. The van der Waals surface area contributed by atoms with Gasteiger partial charge in [0.15, 0.2) is 0 Å². The number of carbonyl (C=O) groups is 2. The molecule has 184 valence electrons. The minimum Gasteiger partial charge on any atom is -0.356 e. The Hall–Kier alpha value is -2.94. The van der Waals surface area contributed by atoms with Crippen LogP contribution in [-0.4, -0.2) is 41.8 Å². The standard InChI is InChI=1S/C25H31F3N4O2/c1-18(2)9-12-29-24(34)20-10-13-31(14-11-20)16-19-5-3-6-21(15-19)32(17-33)23-8-4-7-22(30-23)25(26,27)28/h3-8,15,17-18,20H,9-14,16H2,1-2H3,(H,29,34). The van der Waals surface area contributed by atoms with Crippen molar-refractivity contribution in [2.45, 2.75) is 45.8 Å². The second kappa shape index (κ2) is 11.5. The number of likely N-dealkylation sites (tertiary alicyclic amines) is 1. The van der Waals surface area contributed by atoms with Crippen molar-refractivity contribution in [2.24, 2.45) is 11.8 Å². The molecule has 1 fully saturated rings. The third-order valence-electron chi connectivity index (χ3n) is 5.95. The van der Waals surface area contributed by atoms with Crippen LogP contribution < -0.4 is 10.2 Å². The first-order valence-corrected chi connectivity index (χ1v) is 11.5. The van der Waals surface area contributed by atoms with Gasteiger partial charge >= 0.3 is 6.18 Å². The van der Waals surface area contributed by atoms with E-state index < -0.39 is 11.9 Å². The summed E-state index contributed by atoms with van der Waals surface area (Å²) in [5.74, 6) is 0.605. The summed E-state index contributed by atoms with van der Waals surface area (Å²) < 4.78 is 39.1. The van der Waals surface area contributed by atoms with E-state index in [-0.39, 0.29) is 17.6 Å². The SMILES string of the molecule is CC(C)CCNC(=O)C1CCN(Cc2cccc(N(C=O)c3cccc(C(F)(F)F)n3)c2)CC1. The topological polar surface area (TPSA) is 65.5 Å². The molecular weight excluding hydrogens is 445 g/mol. The molecule has 2 aromatic rings. The highest BCUT2D eigenvalue weighted by Gasteiger charge is 2.33. The maximum absolute atomic E-state index is 13.0. The highest BCUT2D eigenvalue weighted by molar-refractivity contribution is 5.85. The Labute approximate surface area is 198 Å². The van der Waals surface area contributed by atoms with E-state index in [1.807, 2.05) is 6.07 Å². The van der Waals surface area contributed by atoms with E-state index in [4.69, 9.17) is 0 Å². The van der Waals surface area contributed by atoms with E-state index in [0.29, 0.717) is 31.1 Å². The first-order chi connectivity index (χ1) is 16.2. The summed E-state index contributed by atoms with van der Waals surface area (Å²) in [6, 6.07) is 10.6. The van der Waals surface area contributed by atoms with Gasteiger partial charge in [-0.2, -0.15) is 13.2 Å². The zero-order chi connectivity index (χ0) is 24.7. The van der Waals surface area contributed by atoms with Crippen LogP contribution >= 0.6 is 0 Å². The van der Waals surface area contributed by atoms with Crippen LogP contribution in [0, 0.1) is 11.8 Å². The summed E-state index contributed by atoms with van der Waals surface area (Å²) >= 11 is 0. The van der Waals surface area contributed by atoms with Crippen LogP contribution in [0.25, 0.3) is 0 Å². The van der Waals surface area contributed by atoms with E-state index in [1.54, 1.807) is 18.2 Å². The molecule has 9 heteroatoms. The van der Waals surface area contributed by atoms with Gasteiger partial charge in [-0.15, -0.1) is 0 Å². The Morgan fingerprint density at radius 3 is 2.56 bits per heavy atom. The van der Waals surface area contributed by atoms with Gasteiger partial charge in [-0.3, -0.25) is 19.4 Å². The van der Waals surface area contributed by atoms with Crippen LogP contribution in [0.3, 0.4) is 0 Å². The van der Waals surface area contributed by atoms with Gasteiger partial charge in [0.25, 0.3) is 0 Å². The molecule has 0 unspecified atom stereocenters. The van der Waals surface area contributed by atoms with E-state index >= 15 is 0 Å². The molecule has 1 saturated heterocycles. The molecule has 3 rings (SSSR count). The smallest absolute Gasteiger partial charge is 0.356 e. The van der Waals surface area contributed by atoms with Crippen LogP contribution in [0.5, 0.6) is 0 Å². The number of benzene rings is 1. The van der Waals surface area contributed by atoms with Crippen molar-refractivity contribution in [2.75, 3.05) is 24.5 Å². The molecule has 2 amide bonds. The van der Waals surface area contributed by atoms with Gasteiger partial charge in [0, 0.05) is 19.0 Å². The molecule has 1 N–H and O–H groups in total. The number of rotatable bonds is 9. The Morgan fingerprint density at radius 1 is 1.21 bits per heavy atom. The quantitative estimate of drug-likeness (QED) is 0.530. The van der Waals surface area contributed by atoms with Crippen LogP contribution in [0.15, 0.2) is 42.5 Å². The normalized spacial score (nSPS) is 15.4. The van der Waals surface area contributed by atoms with Gasteiger partial charge in [0.2, 0.25) is 12.3 Å². The van der Waals surface area contributed by atoms with Crippen molar-refractivity contribution >= 4 is 23.8 Å². The Balaban J connectivity index is 1.61. The summed E-state index contributed by atoms with van der Waals surface area (Å²) in [6.07, 6.45) is -1.60. The van der Waals surface area contributed by atoms with Crippen LogP contribution in [-0.2, 0) is 22.3 Å². The zero-order valence-corrected chi connectivity index (χ0v) is 19.5. The molecule has 1 aliphatic heterocycles. The predicted octanol–water partition coefficient (Wildman–Crippen LogP) is 4.77. The monoisotopic (exact) mass is 476 g/mol. The second-order valence-corrected chi connectivity index (χ2v) is 9.05. The number of aromatic nitrogens is 1. The molecule has 0 saturated carbocycles. The number of hydrogen-bond acceptors (Lipinski definition) is 4. The maximum Gasteiger partial charge on any atom is 0.433 e. The summed E-state index contributed by atoms with van der Waals surface area (Å²) in [7, 11) is 0. The van der Waals surface area contributed by atoms with E-state index in [0.717, 1.165) is 48.9 Å². The molecule has 0 aliphatic carbocycles. The van der Waals surface area contributed by atoms with Crippen molar-refractivity contribution in [3.05, 3.63) is 53.7 Å². The Kier molecular flexibility index (Phi) is 8.66. The van der Waals surface area contributed by atoms with Crippen LogP contribution in [0.4, 0.5) is 24.7 Å². The maximum atomic E-state index is 13.0. The molecule has 34 heavy (non-hydrogen) atoms. The number of nitrogens with zero attached hydrogens (tertiary/aromatic N) is 3. The molecule has 2 heterocycles. The van der Waals surface area contributed by atoms with Gasteiger partial charge in [-0.25, -0.2) is 4.98 Å². The molecule has 0 atom stereocenters. The first kappa shape index (κ1) is 25.7. The zero-order valence-electron chi connectivity index (χ0n) is 19.5. The average Bonchev–Trinajstić information content (AvgIpc) is 2.80. The predicted molar refractivity (Wildman–Crippen MR) is 124 cm³/mol. The summed E-state index contributed by atoms with van der Waals surface area (Å²) in [6.45, 7) is 7.14. The molecular formula is C25H31F3N4O2. The minimum atomic E-state index is -4.59. The largest absolute Gasteiger partial charge is 0.433 e. The van der Waals surface area contributed by atoms with Crippen molar-refractivity contribution in [1.82, 2.24) is 15.2 Å². The Morgan fingerprint density at radius 2 is 1.91 bits per heavy atom. The van der Waals surface area contributed by atoms with E-state index in [1.165, 1.54) is 12.1 Å². The number of alkyl halides is 3. The van der Waals surface area contributed by atoms with E-state index in [9.17, 15) is 22.8 Å². The molecule has 1 aromatic carbocycles. The van der Waals surface area contributed by atoms with Crippen LogP contribution in [0.2, 0.25) is 0 Å². The molecule has 0 spiro atoms. The average molecular weight is 477 g/mol. The van der Waals surface area contributed by atoms with Gasteiger partial charge in [0.05, 0.1) is 5.69 Å². The van der Waals surface area contributed by atoms with Crippen LogP contribution in [0.1, 0.15) is 44.4 Å². The lowest BCUT2D eigenvalue weighted by Gasteiger charge is -2.31. The third-order valence-corrected chi connectivity index (χ3v) is 5.95. The number of halogens is 3. The van der Waals surface area contributed by atoms with Crippen molar-refractivity contribution in [3.8, 4) is 0 Å². The first-order valence-electron chi connectivity index (χ1n) is 11.5. The van der Waals surface area contributed by atoms with Crippen molar-refractivity contribution in [1.29, 1.82) is 0 Å².